The molecule has 2 saturated heterocycles. The Kier molecular flexibility index (Phi) is 10.1. The molecule has 2 fully saturated rings. The Hall–Kier alpha value is -2.44. The molecule has 193 valence electrons. The van der Waals surface area contributed by atoms with Crippen molar-refractivity contribution >= 4 is 57.6 Å². The minimum Gasteiger partial charge on any atom is -0.480 e. The number of ether oxygens (including phenoxy) is 1. The van der Waals surface area contributed by atoms with Gasteiger partial charge in [0.2, 0.25) is 15.9 Å². The van der Waals surface area contributed by atoms with Crippen molar-refractivity contribution in [2.45, 2.75) is 49.1 Å². The zero-order valence-corrected chi connectivity index (χ0v) is 23.5. The number of aliphatic carboxylic acids is 1. The van der Waals surface area contributed by atoms with E-state index in [0.29, 0.717) is 37.2 Å². The molecule has 0 aliphatic carbocycles. The Morgan fingerprint density at radius 2 is 1.62 bits per heavy atom. The van der Waals surface area contributed by atoms with Gasteiger partial charge in [0, 0.05) is 55.6 Å². The van der Waals surface area contributed by atoms with Crippen molar-refractivity contribution in [3.63, 3.8) is 0 Å². The van der Waals surface area contributed by atoms with Gasteiger partial charge in [-0.15, -0.1) is 0 Å². The monoisotopic (exact) mass is 538 g/mol. The van der Waals surface area contributed by atoms with Crippen LogP contribution in [0.5, 0.6) is 5.75 Å². The number of rotatable bonds is 8. The first kappa shape index (κ1) is 29.1. The molecule has 12 heteroatoms. The van der Waals surface area contributed by atoms with Crippen LogP contribution in [0.3, 0.4) is 0 Å². The molecule has 2 N–H and O–H groups in total. The Bertz CT molecular complexity index is 1200. The van der Waals surface area contributed by atoms with Gasteiger partial charge in [-0.3, -0.25) is 4.79 Å². The zero-order chi connectivity index (χ0) is 25.7. The number of nitrogens with one attached hydrogen (secondary N) is 1. The van der Waals surface area contributed by atoms with E-state index in [0.717, 1.165) is 17.1 Å². The fraction of sp³-hybridized carbons (Fsp3) is 0.400. The second kappa shape index (κ2) is 12.9. The molecular formula is C25H29N3NaO7S. The molecule has 0 bridgehead atoms. The SMILES string of the molecule is O=C(O)[C@H](Cc1ccc(OC(=O)N2CCCC2)cc1)NC(=O)[C@@H]1CCCN1S(=O)(=O)c1ccccc1.[Na]. The van der Waals surface area contributed by atoms with Crippen molar-refractivity contribution in [3.8, 4) is 5.75 Å². The number of carbonyl (C=O) groups excluding carboxylic acids is 2. The molecule has 0 spiro atoms. The fourth-order valence-corrected chi connectivity index (χ4v) is 6.16. The van der Waals surface area contributed by atoms with E-state index in [9.17, 15) is 27.9 Å². The standard InChI is InChI=1S/C25H29N3O7S.Na/c29-23(22-9-6-16-28(22)36(33,34)20-7-2-1-3-8-20)26-21(24(30)31)17-18-10-12-19(13-11-18)35-25(32)27-14-4-5-15-27;/h1-3,7-8,10-13,21-22H,4-6,9,14-17H2,(H,26,29)(H,30,31);/t21-,22-;/m0./s1. The van der Waals surface area contributed by atoms with Gasteiger partial charge in [-0.05, 0) is 55.5 Å². The van der Waals surface area contributed by atoms with Gasteiger partial charge < -0.3 is 20.1 Å². The molecule has 2 heterocycles. The number of sulfonamides is 1. The molecule has 2 aliphatic heterocycles. The largest absolute Gasteiger partial charge is 0.480 e. The average molecular weight is 539 g/mol. The van der Waals surface area contributed by atoms with Crippen molar-refractivity contribution < 1.29 is 32.6 Å². The van der Waals surface area contributed by atoms with Crippen LogP contribution in [0.1, 0.15) is 31.2 Å². The summed E-state index contributed by atoms with van der Waals surface area (Å²) in [4.78, 5) is 38.7. The Morgan fingerprint density at radius 3 is 2.24 bits per heavy atom. The number of likely N-dealkylation sites (tertiary alicyclic amines) is 1. The van der Waals surface area contributed by atoms with Crippen LogP contribution in [-0.2, 0) is 26.0 Å². The predicted molar refractivity (Wildman–Crippen MR) is 136 cm³/mol. The quantitative estimate of drug-likeness (QED) is 0.490. The van der Waals surface area contributed by atoms with Gasteiger partial charge in [0.05, 0.1) is 4.90 Å². The summed E-state index contributed by atoms with van der Waals surface area (Å²) in [5, 5.41) is 12.2. The molecule has 2 amide bonds. The van der Waals surface area contributed by atoms with Gasteiger partial charge >= 0.3 is 12.1 Å². The number of hydrogen-bond acceptors (Lipinski definition) is 6. The Balaban J connectivity index is 0.00000380. The molecule has 2 aliphatic rings. The smallest absolute Gasteiger partial charge is 0.415 e. The molecule has 0 aromatic heterocycles. The van der Waals surface area contributed by atoms with E-state index < -0.39 is 40.1 Å². The minimum absolute atomic E-state index is 0. The number of carboxylic acids is 1. The second-order valence-electron chi connectivity index (χ2n) is 8.90. The molecule has 37 heavy (non-hydrogen) atoms. The summed E-state index contributed by atoms with van der Waals surface area (Å²) in [5.41, 5.74) is 0.615. The average Bonchev–Trinajstić information content (AvgIpc) is 3.58. The Labute approximate surface area is 238 Å². The van der Waals surface area contributed by atoms with Gasteiger partial charge in [-0.1, -0.05) is 30.3 Å². The fourth-order valence-electron chi connectivity index (χ4n) is 4.48. The van der Waals surface area contributed by atoms with E-state index >= 15 is 0 Å². The summed E-state index contributed by atoms with van der Waals surface area (Å²) in [6, 6.07) is 12.0. The molecule has 2 atom stereocenters. The molecular weight excluding hydrogens is 509 g/mol. The number of benzene rings is 2. The van der Waals surface area contributed by atoms with Crippen LogP contribution in [0.15, 0.2) is 59.5 Å². The van der Waals surface area contributed by atoms with Gasteiger partial charge in [0.25, 0.3) is 0 Å². The third-order valence-corrected chi connectivity index (χ3v) is 8.33. The first-order valence-electron chi connectivity index (χ1n) is 11.9. The van der Waals surface area contributed by atoms with Gasteiger partial charge in [-0.2, -0.15) is 4.31 Å². The molecule has 0 unspecified atom stereocenters. The van der Waals surface area contributed by atoms with Gasteiger partial charge in [0.1, 0.15) is 17.8 Å². The number of hydrogen-bond donors (Lipinski definition) is 2. The van der Waals surface area contributed by atoms with E-state index in [1.165, 1.54) is 12.1 Å². The molecule has 1 radical (unpaired) electrons. The molecule has 0 saturated carbocycles. The maximum absolute atomic E-state index is 13.0. The van der Waals surface area contributed by atoms with Crippen molar-refractivity contribution in [1.82, 2.24) is 14.5 Å². The zero-order valence-electron chi connectivity index (χ0n) is 20.7. The van der Waals surface area contributed by atoms with Crippen molar-refractivity contribution in [1.29, 1.82) is 0 Å². The van der Waals surface area contributed by atoms with Crippen LogP contribution >= 0.6 is 0 Å². The summed E-state index contributed by atoms with van der Waals surface area (Å²) in [5.74, 6) is -1.53. The predicted octanol–water partition coefficient (Wildman–Crippen LogP) is 1.87. The third kappa shape index (κ3) is 7.11. The van der Waals surface area contributed by atoms with E-state index in [4.69, 9.17) is 4.74 Å². The molecule has 2 aromatic rings. The number of amides is 2. The van der Waals surface area contributed by atoms with E-state index in [-0.39, 0.29) is 47.4 Å². The topological polar surface area (TPSA) is 133 Å². The van der Waals surface area contributed by atoms with Crippen LogP contribution in [0, 0.1) is 0 Å². The van der Waals surface area contributed by atoms with Crippen LogP contribution in [0.25, 0.3) is 0 Å². The van der Waals surface area contributed by atoms with E-state index in [1.54, 1.807) is 47.4 Å². The van der Waals surface area contributed by atoms with Crippen LogP contribution in [0.4, 0.5) is 4.79 Å². The Morgan fingerprint density at radius 1 is 0.973 bits per heavy atom. The summed E-state index contributed by atoms with van der Waals surface area (Å²) in [6.45, 7) is 1.52. The minimum atomic E-state index is -3.89. The van der Waals surface area contributed by atoms with Crippen molar-refractivity contribution in [2.75, 3.05) is 19.6 Å². The summed E-state index contributed by atoms with van der Waals surface area (Å²) >= 11 is 0. The van der Waals surface area contributed by atoms with Crippen LogP contribution in [-0.4, -0.2) is 102 Å². The maximum Gasteiger partial charge on any atom is 0.415 e. The first-order chi connectivity index (χ1) is 17.3. The van der Waals surface area contributed by atoms with Gasteiger partial charge in [-0.25, -0.2) is 18.0 Å². The molecule has 2 aromatic carbocycles. The van der Waals surface area contributed by atoms with Gasteiger partial charge in [0.15, 0.2) is 0 Å². The van der Waals surface area contributed by atoms with Crippen LogP contribution < -0.4 is 10.1 Å². The van der Waals surface area contributed by atoms with E-state index in [2.05, 4.69) is 5.32 Å². The van der Waals surface area contributed by atoms with Crippen molar-refractivity contribution in [3.05, 3.63) is 60.2 Å². The second-order valence-corrected chi connectivity index (χ2v) is 10.8. The summed E-state index contributed by atoms with van der Waals surface area (Å²) in [7, 11) is -3.89. The summed E-state index contributed by atoms with van der Waals surface area (Å²) < 4.78 is 32.6. The van der Waals surface area contributed by atoms with E-state index in [1.807, 2.05) is 0 Å². The molecule has 4 rings (SSSR count). The number of carbonyl (C=O) groups is 3. The first-order valence-corrected chi connectivity index (χ1v) is 13.4. The third-order valence-electron chi connectivity index (χ3n) is 6.40. The number of carboxylic acid groups (broad SMARTS) is 1. The van der Waals surface area contributed by atoms with Crippen LogP contribution in [0.2, 0.25) is 0 Å². The summed E-state index contributed by atoms with van der Waals surface area (Å²) in [6.07, 6.45) is 2.28. The normalized spacial score (nSPS) is 18.6. The van der Waals surface area contributed by atoms with Crippen molar-refractivity contribution in [2.24, 2.45) is 0 Å². The number of nitrogens with zero attached hydrogens (tertiary/aromatic N) is 2. The molecule has 10 nitrogen and oxygen atoms in total. The maximum atomic E-state index is 13.0.